The van der Waals surface area contributed by atoms with Gasteiger partial charge in [-0.2, -0.15) is 0 Å². The van der Waals surface area contributed by atoms with Crippen molar-refractivity contribution < 1.29 is 9.53 Å². The van der Waals surface area contributed by atoms with Crippen LogP contribution in [-0.4, -0.2) is 102 Å². The van der Waals surface area contributed by atoms with Gasteiger partial charge in [0.05, 0.1) is 23.4 Å². The number of hydrogen-bond acceptors (Lipinski definition) is 9. The zero-order valence-electron chi connectivity index (χ0n) is 19.6. The standard InChI is InChI=1S/C23H30N8O2S/c1-28(2)23(32)31-7-5-29(6-8-31)15-17-13-18-20(34-17)22(30-9-11-33-12-10-30)27-21(26-18)16-3-4-19(24)25-14-16/h3-4,13-14H,5-12,15H2,1-2H3,(H2,24,25). The lowest BCUT2D eigenvalue weighted by Gasteiger charge is -2.35. The van der Waals surface area contributed by atoms with Crippen molar-refractivity contribution in [3.63, 3.8) is 0 Å². The molecule has 5 rings (SSSR count). The highest BCUT2D eigenvalue weighted by Crippen LogP contribution is 2.35. The van der Waals surface area contributed by atoms with Crippen LogP contribution in [0.5, 0.6) is 0 Å². The first-order valence-electron chi connectivity index (χ1n) is 11.5. The summed E-state index contributed by atoms with van der Waals surface area (Å²) in [5, 5.41) is 0. The Morgan fingerprint density at radius 3 is 2.56 bits per heavy atom. The monoisotopic (exact) mass is 482 g/mol. The minimum atomic E-state index is 0.0802. The smallest absolute Gasteiger partial charge is 0.319 e. The minimum Gasteiger partial charge on any atom is -0.384 e. The van der Waals surface area contributed by atoms with E-state index in [0.29, 0.717) is 24.9 Å². The van der Waals surface area contributed by atoms with Crippen LogP contribution >= 0.6 is 11.3 Å². The van der Waals surface area contributed by atoms with Gasteiger partial charge in [0.15, 0.2) is 11.6 Å². The third-order valence-electron chi connectivity index (χ3n) is 6.16. The zero-order chi connectivity index (χ0) is 23.7. The van der Waals surface area contributed by atoms with Gasteiger partial charge in [-0.15, -0.1) is 11.3 Å². The Balaban J connectivity index is 1.41. The SMILES string of the molecule is CN(C)C(=O)N1CCN(Cc2cc3nc(-c4ccc(N)nc4)nc(N4CCOCC4)c3s2)CC1. The third kappa shape index (κ3) is 4.77. The fourth-order valence-corrected chi connectivity index (χ4v) is 5.45. The van der Waals surface area contributed by atoms with Gasteiger partial charge in [-0.3, -0.25) is 4.90 Å². The van der Waals surface area contributed by atoms with E-state index in [-0.39, 0.29) is 6.03 Å². The second kappa shape index (κ2) is 9.69. The molecule has 34 heavy (non-hydrogen) atoms. The van der Waals surface area contributed by atoms with Gasteiger partial charge in [0.25, 0.3) is 0 Å². The fraction of sp³-hybridized carbons (Fsp3) is 0.478. The molecular weight excluding hydrogens is 452 g/mol. The van der Waals surface area contributed by atoms with E-state index in [1.807, 2.05) is 11.0 Å². The van der Waals surface area contributed by atoms with E-state index in [1.54, 1.807) is 42.6 Å². The molecule has 2 aliphatic rings. The number of morpholine rings is 1. The number of hydrogen-bond donors (Lipinski definition) is 1. The number of fused-ring (bicyclic) bond motifs is 1. The number of nitrogens with two attached hydrogens (primary N) is 1. The number of thiophene rings is 1. The lowest BCUT2D eigenvalue weighted by Crippen LogP contribution is -2.51. The van der Waals surface area contributed by atoms with E-state index in [2.05, 4.69) is 20.9 Å². The first-order valence-corrected chi connectivity index (χ1v) is 12.3. The number of anilines is 2. The van der Waals surface area contributed by atoms with Crippen molar-refractivity contribution in [3.8, 4) is 11.4 Å². The lowest BCUT2D eigenvalue weighted by atomic mass is 10.2. The van der Waals surface area contributed by atoms with Crippen LogP contribution in [0.3, 0.4) is 0 Å². The number of aromatic nitrogens is 3. The van der Waals surface area contributed by atoms with Crippen LogP contribution in [0.1, 0.15) is 4.88 Å². The maximum atomic E-state index is 12.2. The largest absolute Gasteiger partial charge is 0.384 e. The van der Waals surface area contributed by atoms with E-state index in [0.717, 1.165) is 67.4 Å². The van der Waals surface area contributed by atoms with Crippen LogP contribution in [0.4, 0.5) is 16.4 Å². The van der Waals surface area contributed by atoms with Gasteiger partial charge in [0.2, 0.25) is 0 Å². The molecule has 5 heterocycles. The van der Waals surface area contributed by atoms with E-state index < -0.39 is 0 Å². The van der Waals surface area contributed by atoms with Gasteiger partial charge in [0, 0.05) is 76.5 Å². The Morgan fingerprint density at radius 2 is 1.88 bits per heavy atom. The summed E-state index contributed by atoms with van der Waals surface area (Å²) in [5.41, 5.74) is 7.57. The number of urea groups is 1. The number of ether oxygens (including phenoxy) is 1. The van der Waals surface area contributed by atoms with Crippen molar-refractivity contribution in [1.29, 1.82) is 0 Å². The number of nitrogen functional groups attached to an aromatic ring is 1. The Labute approximate surface area is 202 Å². The highest BCUT2D eigenvalue weighted by Gasteiger charge is 2.24. The van der Waals surface area contributed by atoms with Crippen LogP contribution in [0.2, 0.25) is 0 Å². The summed E-state index contributed by atoms with van der Waals surface area (Å²) >= 11 is 1.76. The number of piperazine rings is 1. The molecule has 3 aromatic rings. The van der Waals surface area contributed by atoms with Crippen LogP contribution in [0, 0.1) is 0 Å². The molecular formula is C23H30N8O2S. The van der Waals surface area contributed by atoms with Crippen LogP contribution < -0.4 is 10.6 Å². The van der Waals surface area contributed by atoms with Crippen molar-refractivity contribution >= 4 is 39.2 Å². The van der Waals surface area contributed by atoms with Crippen molar-refractivity contribution in [3.05, 3.63) is 29.3 Å². The quantitative estimate of drug-likeness (QED) is 0.602. The topological polar surface area (TPSA) is 104 Å². The molecule has 0 bridgehead atoms. The average molecular weight is 483 g/mol. The van der Waals surface area contributed by atoms with Crippen molar-refractivity contribution in [1.82, 2.24) is 29.7 Å². The number of pyridine rings is 1. The third-order valence-corrected chi connectivity index (χ3v) is 7.27. The summed E-state index contributed by atoms with van der Waals surface area (Å²) in [5.74, 6) is 2.09. The summed E-state index contributed by atoms with van der Waals surface area (Å²) in [7, 11) is 3.60. The molecule has 2 fully saturated rings. The number of amides is 2. The predicted molar refractivity (Wildman–Crippen MR) is 134 cm³/mol. The number of carbonyl (C=O) groups is 1. The molecule has 0 atom stereocenters. The summed E-state index contributed by atoms with van der Waals surface area (Å²) in [6, 6.07) is 5.94. The van der Waals surface area contributed by atoms with Crippen molar-refractivity contribution in [2.75, 3.05) is 77.2 Å². The molecule has 0 aliphatic carbocycles. The summed E-state index contributed by atoms with van der Waals surface area (Å²) in [6.45, 7) is 7.05. The van der Waals surface area contributed by atoms with Gasteiger partial charge >= 0.3 is 6.03 Å². The second-order valence-electron chi connectivity index (χ2n) is 8.81. The normalized spacial score (nSPS) is 17.4. The highest BCUT2D eigenvalue weighted by atomic mass is 32.1. The lowest BCUT2D eigenvalue weighted by molar-refractivity contribution is 0.120. The Morgan fingerprint density at radius 1 is 1.12 bits per heavy atom. The first-order chi connectivity index (χ1) is 16.5. The molecule has 0 radical (unpaired) electrons. The molecule has 2 N–H and O–H groups in total. The molecule has 11 heteroatoms. The Kier molecular flexibility index (Phi) is 6.48. The van der Waals surface area contributed by atoms with Gasteiger partial charge in [-0.1, -0.05) is 0 Å². The van der Waals surface area contributed by atoms with E-state index in [9.17, 15) is 4.79 Å². The first kappa shape index (κ1) is 22.8. The van der Waals surface area contributed by atoms with E-state index in [1.165, 1.54) is 4.88 Å². The Hall–Kier alpha value is -3.02. The molecule has 10 nitrogen and oxygen atoms in total. The van der Waals surface area contributed by atoms with Crippen molar-refractivity contribution in [2.45, 2.75) is 6.54 Å². The molecule has 3 aromatic heterocycles. The van der Waals surface area contributed by atoms with Gasteiger partial charge < -0.3 is 25.2 Å². The predicted octanol–water partition coefficient (Wildman–Crippen LogP) is 1.97. The minimum absolute atomic E-state index is 0.0802. The second-order valence-corrected chi connectivity index (χ2v) is 9.95. The molecule has 0 unspecified atom stereocenters. The molecule has 0 spiro atoms. The zero-order valence-corrected chi connectivity index (χ0v) is 20.4. The molecule has 2 amide bonds. The summed E-state index contributed by atoms with van der Waals surface area (Å²) in [4.78, 5) is 35.8. The van der Waals surface area contributed by atoms with Gasteiger partial charge in [-0.25, -0.2) is 19.7 Å². The van der Waals surface area contributed by atoms with Gasteiger partial charge in [0.1, 0.15) is 5.82 Å². The summed E-state index contributed by atoms with van der Waals surface area (Å²) in [6.07, 6.45) is 1.72. The number of carbonyl (C=O) groups excluding carboxylic acids is 1. The molecule has 180 valence electrons. The molecule has 0 saturated carbocycles. The molecule has 2 saturated heterocycles. The van der Waals surface area contributed by atoms with Gasteiger partial charge in [-0.05, 0) is 18.2 Å². The average Bonchev–Trinajstić information content (AvgIpc) is 3.26. The van der Waals surface area contributed by atoms with Crippen molar-refractivity contribution in [2.24, 2.45) is 0 Å². The van der Waals surface area contributed by atoms with Crippen LogP contribution in [-0.2, 0) is 11.3 Å². The highest BCUT2D eigenvalue weighted by molar-refractivity contribution is 7.19. The molecule has 2 aliphatic heterocycles. The maximum absolute atomic E-state index is 12.2. The number of rotatable bonds is 4. The Bertz CT molecular complexity index is 1150. The van der Waals surface area contributed by atoms with E-state index >= 15 is 0 Å². The number of nitrogens with zero attached hydrogens (tertiary/aromatic N) is 7. The van der Waals surface area contributed by atoms with Crippen LogP contribution in [0.15, 0.2) is 24.4 Å². The van der Waals surface area contributed by atoms with E-state index in [4.69, 9.17) is 20.4 Å². The molecule has 0 aromatic carbocycles. The summed E-state index contributed by atoms with van der Waals surface area (Å²) < 4.78 is 6.67. The fourth-order valence-electron chi connectivity index (χ4n) is 4.30. The van der Waals surface area contributed by atoms with Crippen LogP contribution in [0.25, 0.3) is 21.6 Å². The maximum Gasteiger partial charge on any atom is 0.319 e.